The average Bonchev–Trinajstić information content (AvgIpc) is 3.01. The topological polar surface area (TPSA) is 80.7 Å². The van der Waals surface area contributed by atoms with Gasteiger partial charge in [0.05, 0.1) is 28.3 Å². The summed E-state index contributed by atoms with van der Waals surface area (Å²) in [7, 11) is -3.78. The van der Waals surface area contributed by atoms with E-state index in [1.54, 1.807) is 24.3 Å². The van der Waals surface area contributed by atoms with Crippen LogP contribution in [0.25, 0.3) is 11.1 Å². The second kappa shape index (κ2) is 6.97. The summed E-state index contributed by atoms with van der Waals surface area (Å²) >= 11 is 0. The number of carboxylic acids is 1. The van der Waals surface area contributed by atoms with Gasteiger partial charge in [-0.25, -0.2) is 12.8 Å². The van der Waals surface area contributed by atoms with Crippen LogP contribution < -0.4 is 0 Å². The highest BCUT2D eigenvalue weighted by Crippen LogP contribution is 2.45. The summed E-state index contributed by atoms with van der Waals surface area (Å²) in [6.07, 6.45) is 1.67. The Morgan fingerprint density at radius 3 is 2.00 bits per heavy atom. The van der Waals surface area contributed by atoms with E-state index in [1.807, 2.05) is 0 Å². The first kappa shape index (κ1) is 19.1. The molecule has 2 heterocycles. The van der Waals surface area contributed by atoms with Crippen LogP contribution in [0.3, 0.4) is 0 Å². The Labute approximate surface area is 163 Å². The maximum Gasteiger partial charge on any atom is 0.310 e. The van der Waals surface area contributed by atoms with Crippen LogP contribution in [0.4, 0.5) is 4.39 Å². The third-order valence-electron chi connectivity index (χ3n) is 5.74. The van der Waals surface area contributed by atoms with Crippen molar-refractivity contribution in [1.29, 1.82) is 0 Å². The number of aliphatic carboxylic acids is 1. The molecule has 0 spiro atoms. The molecule has 7 heteroatoms. The Hall–Kier alpha value is -2.25. The van der Waals surface area contributed by atoms with Gasteiger partial charge in [-0.15, -0.1) is 0 Å². The fourth-order valence-corrected chi connectivity index (χ4v) is 6.14. The van der Waals surface area contributed by atoms with Crippen LogP contribution in [-0.2, 0) is 19.4 Å². The predicted molar refractivity (Wildman–Crippen MR) is 101 cm³/mol. The Morgan fingerprint density at radius 1 is 1.00 bits per heavy atom. The molecule has 0 amide bonds. The number of rotatable bonds is 5. The third kappa shape index (κ3) is 3.56. The number of halogens is 1. The Kier molecular flexibility index (Phi) is 4.75. The lowest BCUT2D eigenvalue weighted by molar-refractivity contribution is -0.157. The van der Waals surface area contributed by atoms with Crippen molar-refractivity contribution in [3.05, 3.63) is 54.3 Å². The summed E-state index contributed by atoms with van der Waals surface area (Å²) in [6, 6.07) is 12.2. The van der Waals surface area contributed by atoms with Crippen molar-refractivity contribution in [2.24, 2.45) is 5.41 Å². The van der Waals surface area contributed by atoms with Gasteiger partial charge in [-0.3, -0.25) is 4.79 Å². The number of sulfone groups is 1. The molecule has 2 aliphatic rings. The lowest BCUT2D eigenvalue weighted by Crippen LogP contribution is -2.46. The molecule has 5 nitrogen and oxygen atoms in total. The second-order valence-electron chi connectivity index (χ2n) is 7.74. The van der Waals surface area contributed by atoms with Crippen molar-refractivity contribution in [3.63, 3.8) is 0 Å². The zero-order valence-corrected chi connectivity index (χ0v) is 16.0. The van der Waals surface area contributed by atoms with E-state index in [9.17, 15) is 22.7 Å². The molecule has 28 heavy (non-hydrogen) atoms. The van der Waals surface area contributed by atoms with Crippen LogP contribution in [0.1, 0.15) is 25.7 Å². The molecule has 2 unspecified atom stereocenters. The molecule has 148 valence electrons. The lowest BCUT2D eigenvalue weighted by Gasteiger charge is -2.36. The summed E-state index contributed by atoms with van der Waals surface area (Å²) in [6.45, 7) is 0. The first-order valence-corrected chi connectivity index (χ1v) is 10.9. The van der Waals surface area contributed by atoms with E-state index in [0.29, 0.717) is 0 Å². The van der Waals surface area contributed by atoms with Gasteiger partial charge >= 0.3 is 5.97 Å². The van der Waals surface area contributed by atoms with Gasteiger partial charge < -0.3 is 9.84 Å². The van der Waals surface area contributed by atoms with E-state index in [0.717, 1.165) is 24.0 Å². The highest BCUT2D eigenvalue weighted by atomic mass is 32.2. The van der Waals surface area contributed by atoms with Crippen molar-refractivity contribution in [1.82, 2.24) is 0 Å². The molecular weight excluding hydrogens is 383 g/mol. The van der Waals surface area contributed by atoms with Crippen LogP contribution in [-0.4, -0.2) is 37.5 Å². The minimum absolute atomic E-state index is 0.0952. The van der Waals surface area contributed by atoms with Gasteiger partial charge in [0.1, 0.15) is 5.82 Å². The first-order valence-electron chi connectivity index (χ1n) is 9.25. The van der Waals surface area contributed by atoms with Gasteiger partial charge in [0.2, 0.25) is 0 Å². The average molecular weight is 404 g/mol. The normalized spacial score (nSPS) is 26.9. The fraction of sp³-hybridized carbons (Fsp3) is 0.381. The third-order valence-corrected chi connectivity index (χ3v) is 7.67. The molecule has 2 aliphatic heterocycles. The molecule has 0 aliphatic carbocycles. The van der Waals surface area contributed by atoms with E-state index < -0.39 is 27.0 Å². The minimum Gasteiger partial charge on any atom is -0.481 e. The maximum absolute atomic E-state index is 13.1. The Balaban J connectivity index is 1.59. The van der Waals surface area contributed by atoms with Crippen molar-refractivity contribution in [2.45, 2.75) is 42.8 Å². The number of fused-ring (bicyclic) bond motifs is 2. The van der Waals surface area contributed by atoms with Crippen LogP contribution >= 0.6 is 0 Å². The van der Waals surface area contributed by atoms with Crippen LogP contribution in [0, 0.1) is 11.2 Å². The van der Waals surface area contributed by atoms with Gasteiger partial charge in [0.25, 0.3) is 0 Å². The molecule has 4 rings (SSSR count). The van der Waals surface area contributed by atoms with Gasteiger partial charge in [-0.1, -0.05) is 24.3 Å². The number of ether oxygens (including phenoxy) is 1. The molecule has 1 N–H and O–H groups in total. The highest BCUT2D eigenvalue weighted by Gasteiger charge is 2.52. The number of carbonyl (C=O) groups is 1. The number of hydrogen-bond donors (Lipinski definition) is 1. The number of benzene rings is 2. The fourth-order valence-electron chi connectivity index (χ4n) is 4.33. The largest absolute Gasteiger partial charge is 0.481 e. The van der Waals surface area contributed by atoms with E-state index >= 15 is 0 Å². The van der Waals surface area contributed by atoms with E-state index in [4.69, 9.17) is 4.74 Å². The van der Waals surface area contributed by atoms with Crippen molar-refractivity contribution in [2.75, 3.05) is 5.75 Å². The quantitative estimate of drug-likeness (QED) is 0.822. The summed E-state index contributed by atoms with van der Waals surface area (Å²) in [5.41, 5.74) is 0.225. The molecule has 2 fully saturated rings. The van der Waals surface area contributed by atoms with Crippen LogP contribution in [0.15, 0.2) is 53.4 Å². The monoisotopic (exact) mass is 404 g/mol. The van der Waals surface area contributed by atoms with Gasteiger partial charge in [-0.05, 0) is 61.1 Å². The maximum atomic E-state index is 13.1. The summed E-state index contributed by atoms with van der Waals surface area (Å²) in [5.74, 6) is -1.84. The van der Waals surface area contributed by atoms with Crippen LogP contribution in [0.5, 0.6) is 0 Å². The van der Waals surface area contributed by atoms with Gasteiger partial charge in [0.15, 0.2) is 9.84 Å². The molecule has 2 bridgehead atoms. The SMILES string of the molecule is O=C(O)C1(CS(=O)(=O)c2ccc(-c3ccc(F)cc3)cc2)CC2CCC(C1)O2. The molecule has 0 saturated carbocycles. The van der Waals surface area contributed by atoms with E-state index in [2.05, 4.69) is 0 Å². The van der Waals surface area contributed by atoms with Gasteiger partial charge in [0, 0.05) is 0 Å². The number of hydrogen-bond acceptors (Lipinski definition) is 4. The lowest BCUT2D eigenvalue weighted by atomic mass is 9.79. The molecule has 0 aromatic heterocycles. The second-order valence-corrected chi connectivity index (χ2v) is 9.73. The Bertz CT molecular complexity index is 970. The minimum atomic E-state index is -3.78. The summed E-state index contributed by atoms with van der Waals surface area (Å²) in [5, 5.41) is 9.83. The highest BCUT2D eigenvalue weighted by molar-refractivity contribution is 7.91. The molecule has 0 radical (unpaired) electrons. The van der Waals surface area contributed by atoms with Gasteiger partial charge in [-0.2, -0.15) is 0 Å². The molecule has 2 aromatic rings. The predicted octanol–water partition coefficient (Wildman–Crippen LogP) is 3.68. The molecule has 2 atom stereocenters. The molecular formula is C21H21FO5S. The Morgan fingerprint density at radius 2 is 1.50 bits per heavy atom. The smallest absolute Gasteiger partial charge is 0.310 e. The zero-order chi connectivity index (χ0) is 19.9. The molecule has 2 aromatic carbocycles. The zero-order valence-electron chi connectivity index (χ0n) is 15.2. The van der Waals surface area contributed by atoms with Crippen molar-refractivity contribution in [3.8, 4) is 11.1 Å². The van der Waals surface area contributed by atoms with Crippen molar-refractivity contribution < 1.29 is 27.4 Å². The summed E-state index contributed by atoms with van der Waals surface area (Å²) < 4.78 is 44.7. The molecule has 2 saturated heterocycles. The van der Waals surface area contributed by atoms with Crippen molar-refractivity contribution >= 4 is 15.8 Å². The standard InChI is InChI=1S/C21H21FO5S/c22-16-5-1-14(2-6-16)15-3-9-19(10-4-15)28(25,26)13-21(20(23)24)11-17-7-8-18(12-21)27-17/h1-6,9-10,17-18H,7-8,11-13H2,(H,23,24). The van der Waals surface area contributed by atoms with E-state index in [-0.39, 0.29) is 35.8 Å². The first-order chi connectivity index (χ1) is 13.3. The van der Waals surface area contributed by atoms with E-state index in [1.165, 1.54) is 24.3 Å². The summed E-state index contributed by atoms with van der Waals surface area (Å²) in [4.78, 5) is 12.1. The van der Waals surface area contributed by atoms with Crippen LogP contribution in [0.2, 0.25) is 0 Å². The number of carboxylic acid groups (broad SMARTS) is 1.